The number of Topliss-reactive ketones (excluding diaryl/α,β-unsaturated/α-hetero) is 1. The number of hydrogen-bond acceptors (Lipinski definition) is 2. The van der Waals surface area contributed by atoms with Crippen molar-refractivity contribution in [1.29, 1.82) is 0 Å². The third kappa shape index (κ3) is 1.76. The van der Waals surface area contributed by atoms with E-state index in [2.05, 4.69) is 16.8 Å². The third-order valence-electron chi connectivity index (χ3n) is 2.72. The van der Waals surface area contributed by atoms with Gasteiger partial charge in [-0.25, -0.2) is 4.98 Å². The summed E-state index contributed by atoms with van der Waals surface area (Å²) >= 11 is 0. The van der Waals surface area contributed by atoms with Crippen LogP contribution in [0.2, 0.25) is 0 Å². The standard InChI is InChI=1S/C11H14N2O/c1-9-8-11(14)4-7-13(9)10-2-5-12-6-3-10/h2-3,5-6,9H,4,7-8H2,1H3/p+1/t9-/m1/s1. The summed E-state index contributed by atoms with van der Waals surface area (Å²) in [7, 11) is 0. The van der Waals surface area contributed by atoms with Crippen molar-refractivity contribution in [3.63, 3.8) is 0 Å². The number of carbonyl (C=O) groups is 1. The van der Waals surface area contributed by atoms with Crippen LogP contribution in [0.4, 0.5) is 5.69 Å². The molecule has 0 saturated carbocycles. The number of nitrogens with zero attached hydrogens (tertiary/aromatic N) is 1. The van der Waals surface area contributed by atoms with E-state index in [9.17, 15) is 4.79 Å². The summed E-state index contributed by atoms with van der Waals surface area (Å²) in [4.78, 5) is 16.5. The van der Waals surface area contributed by atoms with E-state index in [1.54, 1.807) is 0 Å². The van der Waals surface area contributed by atoms with Gasteiger partial charge < -0.3 is 4.90 Å². The monoisotopic (exact) mass is 191 g/mol. The second kappa shape index (κ2) is 3.78. The van der Waals surface area contributed by atoms with Gasteiger partial charge in [-0.3, -0.25) is 4.79 Å². The van der Waals surface area contributed by atoms with Crippen LogP contribution >= 0.6 is 0 Å². The first kappa shape index (κ1) is 9.19. The number of H-pyrrole nitrogens is 1. The zero-order valence-corrected chi connectivity index (χ0v) is 8.36. The predicted molar refractivity (Wildman–Crippen MR) is 54.0 cm³/mol. The first-order chi connectivity index (χ1) is 6.77. The van der Waals surface area contributed by atoms with Gasteiger partial charge in [0.05, 0.1) is 0 Å². The molecule has 1 aromatic heterocycles. The van der Waals surface area contributed by atoms with Crippen LogP contribution in [0.3, 0.4) is 0 Å². The van der Waals surface area contributed by atoms with Crippen molar-refractivity contribution in [2.75, 3.05) is 11.4 Å². The van der Waals surface area contributed by atoms with Gasteiger partial charge in [0.2, 0.25) is 0 Å². The Balaban J connectivity index is 2.16. The van der Waals surface area contributed by atoms with E-state index in [0.29, 0.717) is 24.7 Å². The summed E-state index contributed by atoms with van der Waals surface area (Å²) in [5.74, 6) is 0.385. The molecule has 14 heavy (non-hydrogen) atoms. The Hall–Kier alpha value is -1.38. The Morgan fingerprint density at radius 2 is 2.14 bits per heavy atom. The molecule has 0 spiro atoms. The molecule has 1 atom stereocenters. The maximum Gasteiger partial charge on any atom is 0.169 e. The second-order valence-electron chi connectivity index (χ2n) is 3.79. The lowest BCUT2D eigenvalue weighted by atomic mass is 10.0. The highest BCUT2D eigenvalue weighted by molar-refractivity contribution is 5.81. The fourth-order valence-corrected chi connectivity index (χ4v) is 1.96. The normalized spacial score (nSPS) is 22.5. The summed E-state index contributed by atoms with van der Waals surface area (Å²) in [6, 6.07) is 4.43. The van der Waals surface area contributed by atoms with E-state index in [1.807, 2.05) is 24.5 Å². The maximum atomic E-state index is 11.2. The fourth-order valence-electron chi connectivity index (χ4n) is 1.96. The first-order valence-corrected chi connectivity index (χ1v) is 5.02. The minimum absolute atomic E-state index is 0.332. The molecule has 1 aliphatic rings. The lowest BCUT2D eigenvalue weighted by Crippen LogP contribution is -2.41. The number of carbonyl (C=O) groups excluding carboxylic acids is 1. The highest BCUT2D eigenvalue weighted by Gasteiger charge is 2.23. The molecule has 0 aliphatic carbocycles. The molecule has 1 aromatic rings. The van der Waals surface area contributed by atoms with Crippen molar-refractivity contribution in [3.05, 3.63) is 24.5 Å². The average Bonchev–Trinajstić information content (AvgIpc) is 2.19. The van der Waals surface area contributed by atoms with Gasteiger partial charge in [0.15, 0.2) is 12.4 Å². The average molecular weight is 191 g/mol. The van der Waals surface area contributed by atoms with E-state index >= 15 is 0 Å². The van der Waals surface area contributed by atoms with E-state index in [-0.39, 0.29) is 0 Å². The first-order valence-electron chi connectivity index (χ1n) is 5.02. The summed E-state index contributed by atoms with van der Waals surface area (Å²) in [6.45, 7) is 2.96. The Bertz CT molecular complexity index is 323. The van der Waals surface area contributed by atoms with E-state index < -0.39 is 0 Å². The topological polar surface area (TPSA) is 34.5 Å². The Kier molecular flexibility index (Phi) is 2.48. The third-order valence-corrected chi connectivity index (χ3v) is 2.72. The SMILES string of the molecule is C[C@@H]1CC(=O)CCN1c1cc[nH+]cc1. The molecule has 0 aromatic carbocycles. The van der Waals surface area contributed by atoms with Crippen molar-refractivity contribution < 1.29 is 9.78 Å². The molecular weight excluding hydrogens is 176 g/mol. The number of aromatic amines is 1. The quantitative estimate of drug-likeness (QED) is 0.665. The number of hydrogen-bond donors (Lipinski definition) is 0. The lowest BCUT2D eigenvalue weighted by Gasteiger charge is -2.34. The van der Waals surface area contributed by atoms with Crippen molar-refractivity contribution in [2.45, 2.75) is 25.8 Å². The number of aromatic nitrogens is 1. The number of rotatable bonds is 1. The molecule has 1 fully saturated rings. The minimum atomic E-state index is 0.332. The van der Waals surface area contributed by atoms with Gasteiger partial charge in [-0.2, -0.15) is 0 Å². The van der Waals surface area contributed by atoms with Gasteiger partial charge >= 0.3 is 0 Å². The van der Waals surface area contributed by atoms with Crippen LogP contribution in [0.1, 0.15) is 19.8 Å². The number of anilines is 1. The molecule has 1 N–H and O–H groups in total. The Labute approximate surface area is 83.8 Å². The molecule has 74 valence electrons. The van der Waals surface area contributed by atoms with Crippen LogP contribution < -0.4 is 9.88 Å². The van der Waals surface area contributed by atoms with Crippen LogP contribution in [-0.4, -0.2) is 18.4 Å². The van der Waals surface area contributed by atoms with Crippen molar-refractivity contribution in [3.8, 4) is 0 Å². The van der Waals surface area contributed by atoms with Gasteiger partial charge in [-0.05, 0) is 6.92 Å². The van der Waals surface area contributed by atoms with Gasteiger partial charge in [0, 0.05) is 43.2 Å². The maximum absolute atomic E-state index is 11.2. The number of piperidine rings is 1. The van der Waals surface area contributed by atoms with Gasteiger partial charge in [0.25, 0.3) is 0 Å². The van der Waals surface area contributed by atoms with Gasteiger partial charge in [-0.1, -0.05) is 0 Å². The Morgan fingerprint density at radius 3 is 2.79 bits per heavy atom. The molecule has 1 saturated heterocycles. The molecule has 1 aliphatic heterocycles. The zero-order chi connectivity index (χ0) is 9.97. The predicted octanol–water partition coefficient (Wildman–Crippen LogP) is 1.06. The minimum Gasteiger partial charge on any atom is -0.368 e. The molecule has 2 heterocycles. The number of pyridine rings is 1. The summed E-state index contributed by atoms with van der Waals surface area (Å²) in [5, 5.41) is 0. The lowest BCUT2D eigenvalue weighted by molar-refractivity contribution is -0.377. The zero-order valence-electron chi connectivity index (χ0n) is 8.36. The summed E-state index contributed by atoms with van der Waals surface area (Å²) < 4.78 is 0. The van der Waals surface area contributed by atoms with E-state index in [0.717, 1.165) is 6.54 Å². The van der Waals surface area contributed by atoms with Gasteiger partial charge in [-0.15, -0.1) is 0 Å². The molecule has 0 radical (unpaired) electrons. The molecule has 3 nitrogen and oxygen atoms in total. The number of nitrogens with one attached hydrogen (secondary N) is 1. The van der Waals surface area contributed by atoms with E-state index in [4.69, 9.17) is 0 Å². The molecule has 3 heteroatoms. The van der Waals surface area contributed by atoms with Crippen molar-refractivity contribution in [2.24, 2.45) is 0 Å². The van der Waals surface area contributed by atoms with Crippen LogP contribution in [0.5, 0.6) is 0 Å². The highest BCUT2D eigenvalue weighted by atomic mass is 16.1. The van der Waals surface area contributed by atoms with Crippen molar-refractivity contribution in [1.82, 2.24) is 0 Å². The molecule has 0 amide bonds. The molecular formula is C11H15N2O+. The Morgan fingerprint density at radius 1 is 1.43 bits per heavy atom. The fraction of sp³-hybridized carbons (Fsp3) is 0.455. The second-order valence-corrected chi connectivity index (χ2v) is 3.79. The van der Waals surface area contributed by atoms with Crippen LogP contribution in [0, 0.1) is 0 Å². The van der Waals surface area contributed by atoms with Crippen molar-refractivity contribution >= 4 is 11.5 Å². The van der Waals surface area contributed by atoms with Crippen LogP contribution in [0.25, 0.3) is 0 Å². The molecule has 2 rings (SSSR count). The molecule has 0 bridgehead atoms. The number of ketones is 1. The largest absolute Gasteiger partial charge is 0.368 e. The van der Waals surface area contributed by atoms with Crippen LogP contribution in [0.15, 0.2) is 24.5 Å². The van der Waals surface area contributed by atoms with Gasteiger partial charge in [0.1, 0.15) is 5.78 Å². The summed E-state index contributed by atoms with van der Waals surface area (Å²) in [6.07, 6.45) is 5.19. The summed E-state index contributed by atoms with van der Waals surface area (Å²) in [5.41, 5.74) is 1.20. The van der Waals surface area contributed by atoms with Crippen LogP contribution in [-0.2, 0) is 4.79 Å². The highest BCUT2D eigenvalue weighted by Crippen LogP contribution is 2.21. The smallest absolute Gasteiger partial charge is 0.169 e. The molecule has 0 unspecified atom stereocenters. The van der Waals surface area contributed by atoms with E-state index in [1.165, 1.54) is 5.69 Å².